The van der Waals surface area contributed by atoms with Crippen LogP contribution in [-0.4, -0.2) is 9.78 Å². The van der Waals surface area contributed by atoms with E-state index < -0.39 is 0 Å². The Morgan fingerprint density at radius 2 is 1.89 bits per heavy atom. The maximum absolute atomic E-state index is 5.94. The molecule has 0 atom stereocenters. The first kappa shape index (κ1) is 11.8. The molecule has 1 heterocycles. The Hall–Kier alpha value is -2.29. The molecule has 96 valence electrons. The number of ether oxygens (including phenoxy) is 1. The lowest BCUT2D eigenvalue weighted by Crippen LogP contribution is -2.03. The predicted molar refractivity (Wildman–Crippen MR) is 76.2 cm³/mol. The minimum atomic E-state index is 0.533. The van der Waals surface area contributed by atoms with Gasteiger partial charge in [0.1, 0.15) is 12.4 Å². The molecule has 2 aromatic carbocycles. The fraction of sp³-hybridized carbons (Fsp3) is 0.188. The van der Waals surface area contributed by atoms with E-state index in [0.717, 1.165) is 22.5 Å². The highest BCUT2D eigenvalue weighted by Gasteiger charge is 2.05. The van der Waals surface area contributed by atoms with Gasteiger partial charge in [0.2, 0.25) is 0 Å². The van der Waals surface area contributed by atoms with Gasteiger partial charge < -0.3 is 4.74 Å². The number of fused-ring (bicyclic) bond motifs is 1. The van der Waals surface area contributed by atoms with E-state index >= 15 is 0 Å². The summed E-state index contributed by atoms with van der Waals surface area (Å²) in [6, 6.07) is 16.4. The summed E-state index contributed by atoms with van der Waals surface area (Å²) in [7, 11) is 1.94. The number of nitrogens with zero attached hydrogens (tertiary/aromatic N) is 2. The first-order valence-corrected chi connectivity index (χ1v) is 6.34. The summed E-state index contributed by atoms with van der Waals surface area (Å²) < 4.78 is 7.80. The van der Waals surface area contributed by atoms with E-state index in [0.29, 0.717) is 6.61 Å². The Morgan fingerprint density at radius 3 is 2.68 bits per heavy atom. The van der Waals surface area contributed by atoms with Crippen LogP contribution in [0.4, 0.5) is 0 Å². The van der Waals surface area contributed by atoms with Gasteiger partial charge in [0.05, 0.1) is 11.4 Å². The molecule has 0 unspecified atom stereocenters. The highest BCUT2D eigenvalue weighted by atomic mass is 16.5. The van der Waals surface area contributed by atoms with Crippen LogP contribution < -0.4 is 4.74 Å². The molecule has 0 aliphatic heterocycles. The van der Waals surface area contributed by atoms with Crippen LogP contribution >= 0.6 is 0 Å². The van der Waals surface area contributed by atoms with Crippen LogP contribution in [0.1, 0.15) is 11.4 Å². The van der Waals surface area contributed by atoms with E-state index in [1.807, 2.05) is 49.0 Å². The molecule has 0 saturated carbocycles. The summed E-state index contributed by atoms with van der Waals surface area (Å²) in [5, 5.41) is 6.66. The molecule has 0 aliphatic rings. The van der Waals surface area contributed by atoms with Gasteiger partial charge in [0.15, 0.2) is 0 Å². The number of aromatic nitrogens is 2. The van der Waals surface area contributed by atoms with Crippen molar-refractivity contribution in [3.63, 3.8) is 0 Å². The summed E-state index contributed by atoms with van der Waals surface area (Å²) in [6.07, 6.45) is 0. The van der Waals surface area contributed by atoms with E-state index in [-0.39, 0.29) is 0 Å². The van der Waals surface area contributed by atoms with Gasteiger partial charge >= 0.3 is 0 Å². The number of aryl methyl sites for hydroxylation is 2. The molecule has 0 bridgehead atoms. The van der Waals surface area contributed by atoms with Gasteiger partial charge in [-0.1, -0.05) is 36.4 Å². The van der Waals surface area contributed by atoms with Crippen LogP contribution in [0.25, 0.3) is 10.8 Å². The van der Waals surface area contributed by atoms with Crippen molar-refractivity contribution in [2.75, 3.05) is 0 Å². The molecular weight excluding hydrogens is 236 g/mol. The summed E-state index contributed by atoms with van der Waals surface area (Å²) in [5.41, 5.74) is 2.09. The van der Waals surface area contributed by atoms with Crippen LogP contribution in [0, 0.1) is 6.92 Å². The van der Waals surface area contributed by atoms with Crippen LogP contribution in [0.3, 0.4) is 0 Å². The molecule has 19 heavy (non-hydrogen) atoms. The molecule has 0 aliphatic carbocycles. The predicted octanol–water partition coefficient (Wildman–Crippen LogP) is 3.46. The Morgan fingerprint density at radius 1 is 1.11 bits per heavy atom. The lowest BCUT2D eigenvalue weighted by atomic mass is 10.1. The van der Waals surface area contributed by atoms with E-state index in [2.05, 4.69) is 23.3 Å². The van der Waals surface area contributed by atoms with Crippen molar-refractivity contribution in [2.45, 2.75) is 13.5 Å². The number of rotatable bonds is 3. The smallest absolute Gasteiger partial charge is 0.130 e. The Kier molecular flexibility index (Phi) is 2.95. The average molecular weight is 252 g/mol. The van der Waals surface area contributed by atoms with Gasteiger partial charge in [-0.2, -0.15) is 5.10 Å². The largest absolute Gasteiger partial charge is 0.487 e. The standard InChI is InChI=1S/C16H16N2O/c1-12-10-14(18(2)17-12)11-19-16-9-5-7-13-6-3-4-8-15(13)16/h3-10H,11H2,1-2H3. The summed E-state index contributed by atoms with van der Waals surface area (Å²) in [6.45, 7) is 2.52. The summed E-state index contributed by atoms with van der Waals surface area (Å²) in [5.74, 6) is 0.914. The SMILES string of the molecule is Cc1cc(COc2cccc3ccccc23)n(C)n1. The highest BCUT2D eigenvalue weighted by Crippen LogP contribution is 2.25. The van der Waals surface area contributed by atoms with E-state index in [1.165, 1.54) is 5.39 Å². The minimum absolute atomic E-state index is 0.533. The maximum Gasteiger partial charge on any atom is 0.130 e. The topological polar surface area (TPSA) is 27.1 Å². The summed E-state index contributed by atoms with van der Waals surface area (Å²) >= 11 is 0. The molecule has 0 N–H and O–H groups in total. The van der Waals surface area contributed by atoms with Gasteiger partial charge in [0.25, 0.3) is 0 Å². The van der Waals surface area contributed by atoms with Crippen LogP contribution in [-0.2, 0) is 13.7 Å². The van der Waals surface area contributed by atoms with Crippen molar-refractivity contribution in [2.24, 2.45) is 7.05 Å². The second-order valence-corrected chi connectivity index (χ2v) is 4.67. The van der Waals surface area contributed by atoms with E-state index in [1.54, 1.807) is 0 Å². The molecule has 3 aromatic rings. The van der Waals surface area contributed by atoms with E-state index in [9.17, 15) is 0 Å². The maximum atomic E-state index is 5.94. The Balaban J connectivity index is 1.88. The summed E-state index contributed by atoms with van der Waals surface area (Å²) in [4.78, 5) is 0. The number of hydrogen-bond acceptors (Lipinski definition) is 2. The van der Waals surface area contributed by atoms with Gasteiger partial charge in [-0.3, -0.25) is 4.68 Å². The molecule has 1 aromatic heterocycles. The first-order valence-electron chi connectivity index (χ1n) is 6.34. The average Bonchev–Trinajstić information content (AvgIpc) is 2.74. The molecule has 0 amide bonds. The van der Waals surface area contributed by atoms with Gasteiger partial charge in [-0.15, -0.1) is 0 Å². The Bertz CT molecular complexity index is 710. The van der Waals surface area contributed by atoms with Crippen molar-refractivity contribution < 1.29 is 4.74 Å². The normalized spacial score (nSPS) is 10.8. The van der Waals surface area contributed by atoms with Crippen molar-refractivity contribution in [3.8, 4) is 5.75 Å². The third-order valence-corrected chi connectivity index (χ3v) is 3.22. The highest BCUT2D eigenvalue weighted by molar-refractivity contribution is 5.88. The van der Waals surface area contributed by atoms with Crippen molar-refractivity contribution in [1.29, 1.82) is 0 Å². The van der Waals surface area contributed by atoms with Crippen molar-refractivity contribution in [1.82, 2.24) is 9.78 Å². The van der Waals surface area contributed by atoms with Gasteiger partial charge in [0, 0.05) is 12.4 Å². The number of hydrogen-bond donors (Lipinski definition) is 0. The lowest BCUT2D eigenvalue weighted by Gasteiger charge is -2.09. The molecule has 0 spiro atoms. The monoisotopic (exact) mass is 252 g/mol. The molecule has 3 heteroatoms. The van der Waals surface area contributed by atoms with Crippen LogP contribution in [0.5, 0.6) is 5.75 Å². The first-order chi connectivity index (χ1) is 9.24. The minimum Gasteiger partial charge on any atom is -0.487 e. The van der Waals surface area contributed by atoms with E-state index in [4.69, 9.17) is 4.74 Å². The zero-order chi connectivity index (χ0) is 13.2. The van der Waals surface area contributed by atoms with Crippen LogP contribution in [0.15, 0.2) is 48.5 Å². The van der Waals surface area contributed by atoms with Gasteiger partial charge in [-0.05, 0) is 24.4 Å². The molecule has 0 saturated heterocycles. The molecule has 3 rings (SSSR count). The molecule has 0 fully saturated rings. The third kappa shape index (κ3) is 2.32. The van der Waals surface area contributed by atoms with Crippen molar-refractivity contribution in [3.05, 3.63) is 59.9 Å². The zero-order valence-corrected chi connectivity index (χ0v) is 11.1. The third-order valence-electron chi connectivity index (χ3n) is 3.22. The van der Waals surface area contributed by atoms with Crippen LogP contribution in [0.2, 0.25) is 0 Å². The van der Waals surface area contributed by atoms with Crippen molar-refractivity contribution >= 4 is 10.8 Å². The quantitative estimate of drug-likeness (QED) is 0.713. The Labute approximate surface area is 112 Å². The molecule has 0 radical (unpaired) electrons. The second-order valence-electron chi connectivity index (χ2n) is 4.67. The number of benzene rings is 2. The fourth-order valence-electron chi connectivity index (χ4n) is 2.27. The molecule has 3 nitrogen and oxygen atoms in total. The van der Waals surface area contributed by atoms with Gasteiger partial charge in [-0.25, -0.2) is 0 Å². The molecular formula is C16H16N2O. The second kappa shape index (κ2) is 4.76. The zero-order valence-electron chi connectivity index (χ0n) is 11.1. The fourth-order valence-corrected chi connectivity index (χ4v) is 2.27. The lowest BCUT2D eigenvalue weighted by molar-refractivity contribution is 0.298.